The zero-order chi connectivity index (χ0) is 55.5. The number of rotatable bonds is 17. The van der Waals surface area contributed by atoms with Crippen LogP contribution in [0, 0.1) is 25.7 Å². The second-order valence-electron chi connectivity index (χ2n) is 22.2. The molecule has 0 bridgehead atoms. The number of aromatic nitrogens is 6. The van der Waals surface area contributed by atoms with E-state index in [0.717, 1.165) is 48.9 Å². The number of aromatic amines is 1. The number of aryl methyl sites for hydroxylation is 1. The van der Waals surface area contributed by atoms with Crippen LogP contribution in [0.3, 0.4) is 0 Å². The number of piperidine rings is 1. The summed E-state index contributed by atoms with van der Waals surface area (Å²) in [7, 11) is -2.22. The smallest absolute Gasteiger partial charge is 0.254 e. The fourth-order valence-corrected chi connectivity index (χ4v) is 12.2. The summed E-state index contributed by atoms with van der Waals surface area (Å²) in [6, 6.07) is 7.39. The predicted octanol–water partition coefficient (Wildman–Crippen LogP) is 5.07. The summed E-state index contributed by atoms with van der Waals surface area (Å²) in [5.74, 6) is -0.250. The van der Waals surface area contributed by atoms with Gasteiger partial charge in [-0.3, -0.25) is 29.1 Å². The molecule has 2 aromatic carbocycles. The number of likely N-dealkylation sites (N-methyl/N-ethyl adjacent to an activating group) is 1. The maximum absolute atomic E-state index is 14.9. The number of aldehydes is 1. The molecule has 2 aliphatic carbocycles. The Morgan fingerprint density at radius 1 is 0.962 bits per heavy atom. The molecule has 78 heavy (non-hydrogen) atoms. The maximum atomic E-state index is 14.9. The minimum atomic E-state index is -3.89. The van der Waals surface area contributed by atoms with Gasteiger partial charge in [0.05, 0.1) is 28.5 Å². The SMILES string of the molecule is CN[C@@H](C)C(=O)N[C@H](C(=O)N1C[C@@H](NC(=O)c2cnc(N3CCC(COc4cc5ncnc(Nc6n[nH]c(C)c6C)c5cc4S(=O)(=O)C(C)(C)C)CC3)nc2)C[C@H]1C(=O)N[C@]1(C=O)C=CCc2ccccc21)C1CCCCC1. The second-order valence-corrected chi connectivity index (χ2v) is 24.8. The highest BCUT2D eigenvalue weighted by molar-refractivity contribution is 7.92. The van der Waals surface area contributed by atoms with Gasteiger partial charge in [0, 0.05) is 60.8 Å². The molecule has 4 amide bonds. The van der Waals surface area contributed by atoms with Gasteiger partial charge in [-0.25, -0.2) is 28.4 Å². The van der Waals surface area contributed by atoms with E-state index in [4.69, 9.17) is 4.74 Å². The Hall–Kier alpha value is -7.33. The molecule has 2 saturated heterocycles. The molecule has 2 aliphatic heterocycles. The Balaban J connectivity index is 0.866. The van der Waals surface area contributed by atoms with Crippen LogP contribution < -0.4 is 36.2 Å². The van der Waals surface area contributed by atoms with Gasteiger partial charge in [-0.05, 0) is 116 Å². The number of carbonyl (C=O) groups is 5. The van der Waals surface area contributed by atoms with Crippen molar-refractivity contribution in [3.05, 3.63) is 95.2 Å². The first-order valence-corrected chi connectivity index (χ1v) is 28.4. The lowest BCUT2D eigenvalue weighted by Gasteiger charge is -2.36. The molecule has 4 aliphatic rings. The van der Waals surface area contributed by atoms with Crippen LogP contribution in [0.1, 0.15) is 112 Å². The van der Waals surface area contributed by atoms with Crippen LogP contribution in [0.5, 0.6) is 5.75 Å². The number of sulfone groups is 1. The van der Waals surface area contributed by atoms with E-state index in [0.29, 0.717) is 72.7 Å². The number of allylic oxidation sites excluding steroid dienone is 1. The minimum Gasteiger partial charge on any atom is -0.492 e. The third-order valence-electron chi connectivity index (χ3n) is 16.0. The summed E-state index contributed by atoms with van der Waals surface area (Å²) in [6.45, 7) is 11.9. The third-order valence-corrected chi connectivity index (χ3v) is 18.5. The lowest BCUT2D eigenvalue weighted by Crippen LogP contribution is -2.59. The number of hydrogen-bond donors (Lipinski definition) is 6. The number of hydrogen-bond acceptors (Lipinski definition) is 16. The summed E-state index contributed by atoms with van der Waals surface area (Å²) < 4.78 is 33.5. The van der Waals surface area contributed by atoms with Gasteiger partial charge in [0.2, 0.25) is 23.7 Å². The molecule has 5 atom stereocenters. The van der Waals surface area contributed by atoms with Gasteiger partial charge >= 0.3 is 0 Å². The average molecular weight is 1090 g/mol. The summed E-state index contributed by atoms with van der Waals surface area (Å²) in [4.78, 5) is 91.4. The van der Waals surface area contributed by atoms with Crippen LogP contribution in [0.15, 0.2) is 72.2 Å². The molecule has 6 N–H and O–H groups in total. The quantitative estimate of drug-likeness (QED) is 0.0524. The first-order valence-electron chi connectivity index (χ1n) is 27.0. The van der Waals surface area contributed by atoms with Gasteiger partial charge in [-0.1, -0.05) is 55.7 Å². The lowest BCUT2D eigenvalue weighted by atomic mass is 9.82. The van der Waals surface area contributed by atoms with Crippen LogP contribution in [0.2, 0.25) is 0 Å². The number of likely N-dealkylation sites (tertiary alicyclic amines) is 1. The number of ether oxygens (including phenoxy) is 1. The Labute approximate surface area is 454 Å². The number of benzene rings is 2. The van der Waals surface area contributed by atoms with Crippen LogP contribution in [0.25, 0.3) is 10.9 Å². The van der Waals surface area contributed by atoms with E-state index in [1.165, 1.54) is 23.6 Å². The van der Waals surface area contributed by atoms with Crippen molar-refractivity contribution >= 4 is 68.2 Å². The fraction of sp³-hybridized carbons (Fsp3) is 0.500. The van der Waals surface area contributed by atoms with Crippen molar-refractivity contribution < 1.29 is 37.1 Å². The number of carbonyl (C=O) groups excluding carboxylic acids is 5. The zero-order valence-electron chi connectivity index (χ0n) is 45.4. The Kier molecular flexibility index (Phi) is 16.3. The third kappa shape index (κ3) is 11.5. The van der Waals surface area contributed by atoms with E-state index >= 15 is 0 Å². The maximum Gasteiger partial charge on any atom is 0.254 e. The largest absolute Gasteiger partial charge is 0.492 e. The predicted molar refractivity (Wildman–Crippen MR) is 294 cm³/mol. The number of anilines is 3. The molecule has 1 saturated carbocycles. The molecular formula is C56H71N13O8S. The first kappa shape index (κ1) is 55.4. The fourth-order valence-electron chi connectivity index (χ4n) is 10.9. The number of nitrogens with one attached hydrogen (secondary N) is 6. The van der Waals surface area contributed by atoms with Gasteiger partial charge in [0.1, 0.15) is 40.4 Å². The first-order chi connectivity index (χ1) is 37.3. The molecule has 0 spiro atoms. The molecule has 22 heteroatoms. The number of fused-ring (bicyclic) bond motifs is 2. The van der Waals surface area contributed by atoms with Crippen molar-refractivity contribution in [2.24, 2.45) is 11.8 Å². The van der Waals surface area contributed by atoms with Crippen molar-refractivity contribution in [1.29, 1.82) is 0 Å². The van der Waals surface area contributed by atoms with Crippen molar-refractivity contribution in [2.75, 3.05) is 43.5 Å². The highest BCUT2D eigenvalue weighted by atomic mass is 32.2. The van der Waals surface area contributed by atoms with Crippen molar-refractivity contribution in [3.8, 4) is 5.75 Å². The molecule has 3 aromatic heterocycles. The van der Waals surface area contributed by atoms with E-state index in [-0.39, 0.29) is 53.5 Å². The zero-order valence-corrected chi connectivity index (χ0v) is 46.2. The Bertz CT molecular complexity index is 3200. The molecule has 9 rings (SSSR count). The molecule has 0 unspecified atom stereocenters. The highest BCUT2D eigenvalue weighted by Gasteiger charge is 2.47. The molecule has 3 fully saturated rings. The molecule has 0 radical (unpaired) electrons. The van der Waals surface area contributed by atoms with E-state index in [1.807, 2.05) is 43.0 Å². The van der Waals surface area contributed by atoms with Crippen LogP contribution >= 0.6 is 0 Å². The lowest BCUT2D eigenvalue weighted by molar-refractivity contribution is -0.143. The van der Waals surface area contributed by atoms with E-state index in [2.05, 4.69) is 56.7 Å². The summed E-state index contributed by atoms with van der Waals surface area (Å²) in [6.07, 6.45) is 14.9. The van der Waals surface area contributed by atoms with E-state index < -0.39 is 62.0 Å². The Morgan fingerprint density at radius 3 is 2.37 bits per heavy atom. The topological polar surface area (TPSA) is 276 Å². The van der Waals surface area contributed by atoms with Crippen LogP contribution in [-0.4, -0.2) is 136 Å². The second kappa shape index (κ2) is 22.9. The van der Waals surface area contributed by atoms with E-state index in [9.17, 15) is 32.4 Å². The molecular weight excluding hydrogens is 1010 g/mol. The molecule has 5 aromatic rings. The van der Waals surface area contributed by atoms with Gasteiger partial charge in [0.25, 0.3) is 5.91 Å². The van der Waals surface area contributed by atoms with Gasteiger partial charge in [-0.2, -0.15) is 5.10 Å². The number of H-pyrrole nitrogens is 1. The van der Waals surface area contributed by atoms with E-state index in [1.54, 1.807) is 59.0 Å². The Morgan fingerprint density at radius 2 is 1.69 bits per heavy atom. The van der Waals surface area contributed by atoms with Crippen LogP contribution in [-0.2, 0) is 41.0 Å². The average Bonchev–Trinajstić information content (AvgIpc) is 4.12. The van der Waals surface area contributed by atoms with Crippen LogP contribution in [0.4, 0.5) is 17.6 Å². The summed E-state index contributed by atoms with van der Waals surface area (Å²) in [5.41, 5.74) is 2.54. The number of nitrogens with zero attached hydrogens (tertiary/aromatic N) is 7. The highest BCUT2D eigenvalue weighted by Crippen LogP contribution is 2.39. The summed E-state index contributed by atoms with van der Waals surface area (Å²) in [5, 5.41) is 23.0. The normalized spacial score (nSPS) is 20.9. The molecule has 5 heterocycles. The monoisotopic (exact) mass is 1090 g/mol. The van der Waals surface area contributed by atoms with Crippen molar-refractivity contribution in [3.63, 3.8) is 0 Å². The van der Waals surface area contributed by atoms with Crippen molar-refractivity contribution in [2.45, 2.75) is 139 Å². The minimum absolute atomic E-state index is 0.0189. The molecule has 21 nitrogen and oxygen atoms in total. The van der Waals surface area contributed by atoms with Gasteiger partial charge in [0.15, 0.2) is 21.9 Å². The number of amides is 4. The standard InChI is InChI=1S/C56H71N13O8S/c1-33-34(2)66-67-48(33)64-49-41-25-46(78(75,76)55(4,5)6)45(26-43(41)60-32-61-49)77-30-36-19-22-68(23-20-36)54-58-27-39(28-59-54)51(72)62-40-24-44(52(73)65-56(31-70)21-13-17-37-14-11-12-18-42(37)56)69(29-40)53(74)47(38-15-9-8-10-16-38)63-50(71)35(3)57-7/h11-14,18,21,25-28,31-32,35-36,38,40,44,47,57H,8-10,15-17,19-20,22-24,29-30H2,1-7H3,(H,62,72)(H,63,71)(H,65,73)(H2,60,61,64,66,67)/t35-,40-,44-,47-,56-/m0/s1. The van der Waals surface area contributed by atoms with Gasteiger partial charge in [-0.15, -0.1) is 0 Å². The van der Waals surface area contributed by atoms with Crippen molar-refractivity contribution in [1.82, 2.24) is 56.3 Å². The van der Waals surface area contributed by atoms with Gasteiger partial charge < -0.3 is 41.1 Å². The summed E-state index contributed by atoms with van der Waals surface area (Å²) >= 11 is 0. The molecule has 414 valence electrons.